The summed E-state index contributed by atoms with van der Waals surface area (Å²) >= 11 is 1.49. The maximum absolute atomic E-state index is 14.9. The fraction of sp³-hybridized carbons (Fsp3) is 0.568. The number of aromatic nitrogens is 3. The molecule has 5 atom stereocenters. The van der Waals surface area contributed by atoms with Crippen LogP contribution in [0.3, 0.4) is 0 Å². The van der Waals surface area contributed by atoms with Crippen LogP contribution in [0.4, 0.5) is 4.79 Å². The minimum atomic E-state index is -0.999. The summed E-state index contributed by atoms with van der Waals surface area (Å²) in [6.07, 6.45) is 4.16. The van der Waals surface area contributed by atoms with E-state index in [-0.39, 0.29) is 36.7 Å². The zero-order chi connectivity index (χ0) is 41.7. The number of thiazole rings is 1. The van der Waals surface area contributed by atoms with Crippen molar-refractivity contribution in [3.05, 3.63) is 58.2 Å². The topological polar surface area (TPSA) is 153 Å². The molecule has 4 fully saturated rings. The van der Waals surface area contributed by atoms with Gasteiger partial charge < -0.3 is 33.7 Å². The number of methoxy groups -OCH3 is 1. The summed E-state index contributed by atoms with van der Waals surface area (Å²) in [5.41, 5.74) is 9.54. The van der Waals surface area contributed by atoms with Gasteiger partial charge in [-0.15, -0.1) is 11.3 Å². The lowest BCUT2D eigenvalue weighted by Gasteiger charge is -2.43. The second kappa shape index (κ2) is 16.8. The number of pyridine rings is 1. The molecule has 16 heteroatoms. The molecule has 8 heterocycles. The van der Waals surface area contributed by atoms with Gasteiger partial charge >= 0.3 is 12.0 Å². The monoisotopic (exact) mass is 840 g/mol. The number of benzene rings is 1. The Morgan fingerprint density at radius 1 is 1.08 bits per heavy atom. The number of amides is 3. The lowest BCUT2D eigenvalue weighted by Crippen LogP contribution is -2.65. The van der Waals surface area contributed by atoms with Crippen molar-refractivity contribution in [2.24, 2.45) is 5.41 Å². The van der Waals surface area contributed by atoms with Gasteiger partial charge in [-0.25, -0.2) is 15.2 Å². The molecule has 0 radical (unpaired) electrons. The predicted octanol–water partition coefficient (Wildman–Crippen LogP) is 5.27. The first-order valence-corrected chi connectivity index (χ1v) is 22.2. The fourth-order valence-electron chi connectivity index (χ4n) is 9.23. The number of ether oxygens (including phenoxy) is 4. The van der Waals surface area contributed by atoms with E-state index >= 15 is 0 Å². The Morgan fingerprint density at radius 2 is 1.90 bits per heavy atom. The molecule has 5 aliphatic heterocycles. The molecule has 2 N–H and O–H groups in total. The van der Waals surface area contributed by atoms with E-state index in [1.807, 2.05) is 26.1 Å². The van der Waals surface area contributed by atoms with E-state index in [9.17, 15) is 14.4 Å². The molecule has 0 spiro atoms. The molecule has 320 valence electrons. The summed E-state index contributed by atoms with van der Waals surface area (Å²) in [6, 6.07) is 8.19. The highest BCUT2D eigenvalue weighted by molar-refractivity contribution is 7.10. The summed E-state index contributed by atoms with van der Waals surface area (Å²) in [7, 11) is 1.70. The van der Waals surface area contributed by atoms with E-state index < -0.39 is 29.5 Å². The standard InChI is InChI=1S/C44H56N8O7S/c1-26-12-15-50(26)43(55)47-37-39(49-16-18-57-19-17-49)40-46-34(24-60-40)28-10-11-35-31(20-28)32(21-44(3,4)25-59-42(54)33-9-7-14-51(48-33)41(37)53)38(52(35)29-22-58-23-29)30-8-6-13-45-36(30)27(2)56-5/h6,8,10-11,13,20,24,26-27,29,33,37,39,48H,7,9,12,14-19,21-23,25H2,1-5H3,(H,47,55)/t26-,27+,33+,37+,39+/m1/s1. The Morgan fingerprint density at radius 3 is 2.62 bits per heavy atom. The van der Waals surface area contributed by atoms with Crippen molar-refractivity contribution in [3.8, 4) is 22.5 Å². The molecular weight excluding hydrogens is 785 g/mol. The van der Waals surface area contributed by atoms with Crippen LogP contribution in [0.2, 0.25) is 0 Å². The van der Waals surface area contributed by atoms with Crippen LogP contribution in [-0.4, -0.2) is 132 Å². The summed E-state index contributed by atoms with van der Waals surface area (Å²) < 4.78 is 26.0. The highest BCUT2D eigenvalue weighted by atomic mass is 32.1. The highest BCUT2D eigenvalue weighted by Gasteiger charge is 2.44. The van der Waals surface area contributed by atoms with Crippen LogP contribution in [0.25, 0.3) is 33.4 Å². The van der Waals surface area contributed by atoms with Crippen molar-refractivity contribution in [1.29, 1.82) is 0 Å². The first-order chi connectivity index (χ1) is 29.0. The number of morpholine rings is 1. The number of rotatable bonds is 6. The lowest BCUT2D eigenvalue weighted by atomic mass is 9.84. The van der Waals surface area contributed by atoms with E-state index in [0.717, 1.165) is 56.1 Å². The van der Waals surface area contributed by atoms with Gasteiger partial charge in [0, 0.05) is 78.4 Å². The Labute approximate surface area is 354 Å². The summed E-state index contributed by atoms with van der Waals surface area (Å²) in [4.78, 5) is 56.9. The Hall–Kier alpha value is -4.45. The Bertz CT molecular complexity index is 2250. The summed E-state index contributed by atoms with van der Waals surface area (Å²) in [5.74, 6) is -0.729. The lowest BCUT2D eigenvalue weighted by molar-refractivity contribution is -0.155. The number of hydrazine groups is 1. The smallest absolute Gasteiger partial charge is 0.324 e. The van der Waals surface area contributed by atoms with Crippen LogP contribution in [0.15, 0.2) is 41.9 Å². The van der Waals surface area contributed by atoms with Gasteiger partial charge in [0.2, 0.25) is 0 Å². The fourth-order valence-corrected chi connectivity index (χ4v) is 10.2. The number of cyclic esters (lactones) is 1. The molecule has 4 aromatic rings. The minimum absolute atomic E-state index is 0.0734. The summed E-state index contributed by atoms with van der Waals surface area (Å²) in [5, 5.41) is 8.54. The van der Waals surface area contributed by atoms with Crippen LogP contribution in [0.1, 0.15) is 81.4 Å². The Balaban J connectivity index is 1.22. The highest BCUT2D eigenvalue weighted by Crippen LogP contribution is 2.45. The molecule has 15 nitrogen and oxygen atoms in total. The number of esters is 1. The molecule has 0 unspecified atom stereocenters. The third-order valence-electron chi connectivity index (χ3n) is 12.9. The van der Waals surface area contributed by atoms with Crippen LogP contribution in [-0.2, 0) is 35.0 Å². The number of carbonyl (C=O) groups is 3. The molecule has 9 rings (SSSR count). The van der Waals surface area contributed by atoms with Crippen molar-refractivity contribution in [2.45, 2.75) is 89.7 Å². The molecule has 6 bridgehead atoms. The van der Waals surface area contributed by atoms with Crippen LogP contribution in [0.5, 0.6) is 0 Å². The molecule has 3 aromatic heterocycles. The maximum atomic E-state index is 14.9. The number of hydrogen-bond donors (Lipinski definition) is 2. The van der Waals surface area contributed by atoms with Gasteiger partial charge in [0.05, 0.1) is 68.3 Å². The second-order valence-corrected chi connectivity index (χ2v) is 18.5. The van der Waals surface area contributed by atoms with Crippen molar-refractivity contribution < 1.29 is 33.3 Å². The molecule has 5 aliphatic rings. The molecular formula is C44H56N8O7S. The zero-order valence-corrected chi connectivity index (χ0v) is 36.0. The minimum Gasteiger partial charge on any atom is -0.464 e. The van der Waals surface area contributed by atoms with Crippen LogP contribution in [0, 0.1) is 5.41 Å². The van der Waals surface area contributed by atoms with Crippen LogP contribution < -0.4 is 10.7 Å². The summed E-state index contributed by atoms with van der Waals surface area (Å²) in [6.45, 7) is 12.7. The van der Waals surface area contributed by atoms with Gasteiger partial charge in [0.15, 0.2) is 0 Å². The van der Waals surface area contributed by atoms with Crippen molar-refractivity contribution in [3.63, 3.8) is 0 Å². The third-order valence-corrected chi connectivity index (χ3v) is 13.8. The number of nitrogens with zero attached hydrogens (tertiary/aromatic N) is 6. The van der Waals surface area contributed by atoms with Gasteiger partial charge in [0.25, 0.3) is 5.91 Å². The maximum Gasteiger partial charge on any atom is 0.324 e. The number of carbonyl (C=O) groups excluding carboxylic acids is 3. The number of likely N-dealkylation sites (tertiary alicyclic amines) is 1. The van der Waals surface area contributed by atoms with Crippen LogP contribution >= 0.6 is 11.3 Å². The molecule has 1 aromatic carbocycles. The van der Waals surface area contributed by atoms with Gasteiger partial charge in [-0.3, -0.25) is 24.5 Å². The SMILES string of the molecule is CO[C@@H](C)c1ncccc1-c1c2c3cc(ccc3n1C1COC1)-c1csc(n1)[C@@H](N1CCOCC1)[C@H](NC(=O)N1CC[C@H]1C)C(=O)N1CCC[C@H](N1)C(=O)OCC(C)(C)C2. The van der Waals surface area contributed by atoms with E-state index in [1.54, 1.807) is 12.0 Å². The number of fused-ring (bicyclic) bond motifs is 6. The zero-order valence-electron chi connectivity index (χ0n) is 35.1. The molecule has 60 heavy (non-hydrogen) atoms. The largest absolute Gasteiger partial charge is 0.464 e. The van der Waals surface area contributed by atoms with Gasteiger partial charge in [-0.2, -0.15) is 0 Å². The molecule has 0 saturated carbocycles. The van der Waals surface area contributed by atoms with E-state index in [4.69, 9.17) is 28.9 Å². The van der Waals surface area contributed by atoms with Gasteiger partial charge in [-0.05, 0) is 69.4 Å². The van der Waals surface area contributed by atoms with Crippen molar-refractivity contribution in [2.75, 3.05) is 66.3 Å². The first kappa shape index (κ1) is 40.9. The third kappa shape index (κ3) is 7.70. The first-order valence-electron chi connectivity index (χ1n) is 21.3. The average Bonchev–Trinajstić information content (AvgIpc) is 3.83. The van der Waals surface area contributed by atoms with Crippen molar-refractivity contribution >= 4 is 40.1 Å². The Kier molecular flexibility index (Phi) is 11.4. The van der Waals surface area contributed by atoms with E-state index in [2.05, 4.69) is 63.7 Å². The number of nitrogens with one attached hydrogen (secondary N) is 2. The quantitative estimate of drug-likeness (QED) is 0.244. The van der Waals surface area contributed by atoms with E-state index in [0.29, 0.717) is 71.9 Å². The van der Waals surface area contributed by atoms with Crippen molar-refractivity contribution in [1.82, 2.24) is 40.1 Å². The molecule has 4 saturated heterocycles. The number of hydrogen-bond acceptors (Lipinski definition) is 12. The number of urea groups is 1. The predicted molar refractivity (Wildman–Crippen MR) is 226 cm³/mol. The average molecular weight is 841 g/mol. The van der Waals surface area contributed by atoms with E-state index in [1.165, 1.54) is 16.3 Å². The van der Waals surface area contributed by atoms with Gasteiger partial charge in [-0.1, -0.05) is 19.9 Å². The molecule has 0 aliphatic carbocycles. The second-order valence-electron chi connectivity index (χ2n) is 17.6. The normalized spacial score (nSPS) is 25.9. The van der Waals surface area contributed by atoms with Gasteiger partial charge in [0.1, 0.15) is 17.1 Å². The molecule has 3 amide bonds.